The van der Waals surface area contributed by atoms with Crippen molar-refractivity contribution in [1.82, 2.24) is 5.32 Å². The smallest absolute Gasteiger partial charge is 0.0495 e. The van der Waals surface area contributed by atoms with Gasteiger partial charge in [0.2, 0.25) is 0 Å². The van der Waals surface area contributed by atoms with E-state index in [4.69, 9.17) is 4.74 Å². The van der Waals surface area contributed by atoms with Gasteiger partial charge in [0.1, 0.15) is 0 Å². The summed E-state index contributed by atoms with van der Waals surface area (Å²) in [6, 6.07) is 2.61. The zero-order chi connectivity index (χ0) is 11.4. The van der Waals surface area contributed by atoms with Crippen molar-refractivity contribution in [1.29, 1.82) is 0 Å². The van der Waals surface area contributed by atoms with Gasteiger partial charge in [-0.25, -0.2) is 0 Å². The van der Waals surface area contributed by atoms with Gasteiger partial charge in [-0.15, -0.1) is 11.3 Å². The van der Waals surface area contributed by atoms with E-state index in [1.54, 1.807) is 0 Å². The van der Waals surface area contributed by atoms with Crippen LogP contribution >= 0.6 is 27.3 Å². The molecule has 1 N–H and O–H groups in total. The number of ether oxygens (including phenoxy) is 1. The molecular weight excluding hydrogens is 286 g/mol. The third-order valence-corrected chi connectivity index (χ3v) is 4.99. The summed E-state index contributed by atoms with van der Waals surface area (Å²) in [6.45, 7) is 5.06. The van der Waals surface area contributed by atoms with Crippen LogP contribution in [-0.2, 0) is 4.74 Å². The monoisotopic (exact) mass is 303 g/mol. The molecule has 1 fully saturated rings. The first-order chi connectivity index (χ1) is 7.81. The maximum atomic E-state index is 5.45. The minimum atomic E-state index is 0.478. The lowest BCUT2D eigenvalue weighted by atomic mass is 9.98. The summed E-state index contributed by atoms with van der Waals surface area (Å²) in [6.07, 6.45) is 2.40. The molecule has 1 saturated heterocycles. The summed E-state index contributed by atoms with van der Waals surface area (Å²) in [5.74, 6) is 0.720. The van der Waals surface area contributed by atoms with E-state index >= 15 is 0 Å². The molecule has 0 amide bonds. The molecule has 1 aromatic rings. The minimum absolute atomic E-state index is 0.478. The quantitative estimate of drug-likeness (QED) is 0.897. The van der Waals surface area contributed by atoms with Gasteiger partial charge in [-0.05, 0) is 52.7 Å². The second-order valence-electron chi connectivity index (χ2n) is 4.21. The maximum absolute atomic E-state index is 5.45. The lowest BCUT2D eigenvalue weighted by Gasteiger charge is -2.20. The van der Waals surface area contributed by atoms with Crippen molar-refractivity contribution in [2.75, 3.05) is 19.8 Å². The summed E-state index contributed by atoms with van der Waals surface area (Å²) < 4.78 is 6.69. The Hall–Kier alpha value is 0.100. The average Bonchev–Trinajstić information content (AvgIpc) is 2.88. The number of nitrogens with one attached hydrogen (secondary N) is 1. The van der Waals surface area contributed by atoms with Crippen molar-refractivity contribution in [2.45, 2.75) is 25.8 Å². The van der Waals surface area contributed by atoms with Crippen LogP contribution in [0.3, 0.4) is 0 Å². The van der Waals surface area contributed by atoms with Gasteiger partial charge < -0.3 is 10.1 Å². The van der Waals surface area contributed by atoms with Crippen molar-refractivity contribution in [3.63, 3.8) is 0 Å². The Morgan fingerprint density at radius 1 is 1.69 bits per heavy atom. The van der Waals surface area contributed by atoms with Gasteiger partial charge in [0, 0.05) is 28.6 Å². The molecule has 2 nitrogen and oxygen atoms in total. The predicted molar refractivity (Wildman–Crippen MR) is 72.0 cm³/mol. The van der Waals surface area contributed by atoms with Crippen LogP contribution in [0.1, 0.15) is 30.7 Å². The van der Waals surface area contributed by atoms with Crippen LogP contribution in [0.2, 0.25) is 0 Å². The topological polar surface area (TPSA) is 21.3 Å². The second-order valence-corrected chi connectivity index (χ2v) is 6.01. The number of hydrogen-bond donors (Lipinski definition) is 1. The molecule has 0 bridgehead atoms. The molecule has 2 rings (SSSR count). The Kier molecular flexibility index (Phi) is 4.82. The average molecular weight is 304 g/mol. The highest BCUT2D eigenvalue weighted by molar-refractivity contribution is 9.10. The first kappa shape index (κ1) is 12.6. The lowest BCUT2D eigenvalue weighted by Crippen LogP contribution is -2.23. The van der Waals surface area contributed by atoms with E-state index in [1.165, 1.54) is 22.2 Å². The first-order valence-electron chi connectivity index (χ1n) is 5.85. The second kappa shape index (κ2) is 6.15. The van der Waals surface area contributed by atoms with Crippen molar-refractivity contribution in [3.05, 3.63) is 20.8 Å². The number of rotatable bonds is 5. The molecule has 0 aliphatic carbocycles. The fraction of sp³-hybridized carbons (Fsp3) is 0.667. The Morgan fingerprint density at radius 3 is 3.12 bits per heavy atom. The molecule has 0 radical (unpaired) electrons. The fourth-order valence-corrected chi connectivity index (χ4v) is 3.93. The predicted octanol–water partition coefficient (Wildman–Crippen LogP) is 3.59. The zero-order valence-electron chi connectivity index (χ0n) is 9.54. The largest absolute Gasteiger partial charge is 0.381 e. The van der Waals surface area contributed by atoms with E-state index in [0.29, 0.717) is 6.04 Å². The summed E-state index contributed by atoms with van der Waals surface area (Å²) in [4.78, 5) is 1.42. The molecule has 90 valence electrons. The van der Waals surface area contributed by atoms with E-state index in [0.717, 1.165) is 25.7 Å². The van der Waals surface area contributed by atoms with E-state index in [9.17, 15) is 0 Å². The van der Waals surface area contributed by atoms with Crippen molar-refractivity contribution in [2.24, 2.45) is 5.92 Å². The SMILES string of the molecule is CCNC(CC1CCOC1)c1sccc1Br. The molecular formula is C12H18BrNOS. The molecule has 1 aromatic heterocycles. The maximum Gasteiger partial charge on any atom is 0.0495 e. The van der Waals surface area contributed by atoms with Gasteiger partial charge in [0.15, 0.2) is 0 Å². The van der Waals surface area contributed by atoms with Crippen LogP contribution in [0.4, 0.5) is 0 Å². The van der Waals surface area contributed by atoms with Crippen molar-refractivity contribution in [3.8, 4) is 0 Å². The van der Waals surface area contributed by atoms with Gasteiger partial charge >= 0.3 is 0 Å². The Morgan fingerprint density at radius 2 is 2.56 bits per heavy atom. The molecule has 1 aliphatic rings. The zero-order valence-corrected chi connectivity index (χ0v) is 11.9. The highest BCUT2D eigenvalue weighted by Crippen LogP contribution is 2.34. The summed E-state index contributed by atoms with van der Waals surface area (Å²) in [7, 11) is 0. The molecule has 0 aromatic carbocycles. The third kappa shape index (κ3) is 3.06. The van der Waals surface area contributed by atoms with Gasteiger partial charge in [-0.2, -0.15) is 0 Å². The summed E-state index contributed by atoms with van der Waals surface area (Å²) in [5.41, 5.74) is 0. The first-order valence-corrected chi connectivity index (χ1v) is 7.52. The number of halogens is 1. The highest BCUT2D eigenvalue weighted by Gasteiger charge is 2.23. The van der Waals surface area contributed by atoms with Crippen LogP contribution in [0.15, 0.2) is 15.9 Å². The number of thiophene rings is 1. The van der Waals surface area contributed by atoms with Gasteiger partial charge in [0.05, 0.1) is 0 Å². The third-order valence-electron chi connectivity index (χ3n) is 3.00. The standard InChI is InChI=1S/C12H18BrNOS/c1-2-14-11(7-9-3-5-15-8-9)12-10(13)4-6-16-12/h4,6,9,11,14H,2-3,5,7-8H2,1H3. The van der Waals surface area contributed by atoms with Crippen LogP contribution in [0.25, 0.3) is 0 Å². The summed E-state index contributed by atoms with van der Waals surface area (Å²) in [5, 5.41) is 5.73. The van der Waals surface area contributed by atoms with Crippen LogP contribution in [0, 0.1) is 5.92 Å². The Bertz CT molecular complexity index is 323. The van der Waals surface area contributed by atoms with Crippen molar-refractivity contribution < 1.29 is 4.74 Å². The van der Waals surface area contributed by atoms with Crippen LogP contribution < -0.4 is 5.32 Å². The van der Waals surface area contributed by atoms with E-state index in [-0.39, 0.29) is 0 Å². The molecule has 4 heteroatoms. The Labute approximate surface area is 110 Å². The van der Waals surface area contributed by atoms with Gasteiger partial charge in [-0.1, -0.05) is 6.92 Å². The van der Waals surface area contributed by atoms with Gasteiger partial charge in [-0.3, -0.25) is 0 Å². The lowest BCUT2D eigenvalue weighted by molar-refractivity contribution is 0.181. The van der Waals surface area contributed by atoms with Crippen molar-refractivity contribution >= 4 is 27.3 Å². The number of hydrogen-bond acceptors (Lipinski definition) is 3. The van der Waals surface area contributed by atoms with E-state index in [2.05, 4.69) is 39.6 Å². The summed E-state index contributed by atoms with van der Waals surface area (Å²) >= 11 is 5.46. The molecule has 2 heterocycles. The van der Waals surface area contributed by atoms with Gasteiger partial charge in [0.25, 0.3) is 0 Å². The minimum Gasteiger partial charge on any atom is -0.381 e. The highest BCUT2D eigenvalue weighted by atomic mass is 79.9. The fourth-order valence-electron chi connectivity index (χ4n) is 2.19. The molecule has 0 saturated carbocycles. The van der Waals surface area contributed by atoms with E-state index in [1.807, 2.05) is 11.3 Å². The van der Waals surface area contributed by atoms with Crippen LogP contribution in [0.5, 0.6) is 0 Å². The molecule has 0 spiro atoms. The normalized spacial score (nSPS) is 22.5. The Balaban J connectivity index is 2.01. The molecule has 2 unspecified atom stereocenters. The molecule has 1 aliphatic heterocycles. The molecule has 16 heavy (non-hydrogen) atoms. The van der Waals surface area contributed by atoms with E-state index < -0.39 is 0 Å². The van der Waals surface area contributed by atoms with Crippen LogP contribution in [-0.4, -0.2) is 19.8 Å². The molecule has 2 atom stereocenters.